The Morgan fingerprint density at radius 1 is 1.45 bits per heavy atom. The molecular weight excluding hydrogens is 256 g/mol. The second-order valence-electron chi connectivity index (χ2n) is 5.50. The van der Waals surface area contributed by atoms with Crippen molar-refractivity contribution in [3.05, 3.63) is 23.4 Å². The predicted octanol–water partition coefficient (Wildman–Crippen LogP) is 2.31. The van der Waals surface area contributed by atoms with Gasteiger partial charge in [0.15, 0.2) is 0 Å². The van der Waals surface area contributed by atoms with Gasteiger partial charge < -0.3 is 15.5 Å². The second-order valence-corrected chi connectivity index (χ2v) is 5.50. The lowest BCUT2D eigenvalue weighted by atomic mass is 10.1. The number of anilines is 1. The minimum absolute atomic E-state index is 0.184. The van der Waals surface area contributed by atoms with Gasteiger partial charge in [0, 0.05) is 12.2 Å². The van der Waals surface area contributed by atoms with Crippen LogP contribution in [0.15, 0.2) is 12.1 Å². The summed E-state index contributed by atoms with van der Waals surface area (Å²) in [6.45, 7) is 2.78. The first-order valence-corrected chi connectivity index (χ1v) is 7.24. The number of aliphatic hydroxyl groups excluding tert-OH is 1. The van der Waals surface area contributed by atoms with Crippen LogP contribution in [0, 0.1) is 5.92 Å². The van der Waals surface area contributed by atoms with Gasteiger partial charge in [-0.05, 0) is 43.7 Å². The summed E-state index contributed by atoms with van der Waals surface area (Å²) >= 11 is 0. The van der Waals surface area contributed by atoms with Crippen molar-refractivity contribution < 1.29 is 15.0 Å². The maximum Gasteiger partial charge on any atom is 0.335 e. The number of aromatic nitrogens is 1. The molecule has 0 saturated heterocycles. The molecule has 0 amide bonds. The zero-order valence-electron chi connectivity index (χ0n) is 11.8. The fraction of sp³-hybridized carbons (Fsp3) is 0.600. The van der Waals surface area contributed by atoms with Crippen LogP contribution in [0.3, 0.4) is 0 Å². The molecule has 0 bridgehead atoms. The lowest BCUT2D eigenvalue weighted by Gasteiger charge is -2.13. The number of carboxylic acids is 1. The Hall–Kier alpha value is -1.62. The summed E-state index contributed by atoms with van der Waals surface area (Å²) in [5, 5.41) is 21.9. The minimum Gasteiger partial charge on any atom is -0.478 e. The first kappa shape index (κ1) is 14.8. The van der Waals surface area contributed by atoms with Crippen LogP contribution in [0.5, 0.6) is 0 Å². The van der Waals surface area contributed by atoms with E-state index in [1.54, 1.807) is 12.1 Å². The van der Waals surface area contributed by atoms with Crippen molar-refractivity contribution in [1.29, 1.82) is 0 Å². The molecule has 2 atom stereocenters. The first-order valence-electron chi connectivity index (χ1n) is 7.24. The highest BCUT2D eigenvalue weighted by molar-refractivity contribution is 5.88. The van der Waals surface area contributed by atoms with Crippen molar-refractivity contribution in [3.63, 3.8) is 0 Å². The molecule has 5 heteroatoms. The monoisotopic (exact) mass is 278 g/mol. The molecule has 110 valence electrons. The summed E-state index contributed by atoms with van der Waals surface area (Å²) in [5.74, 6) is 0.133. The molecule has 0 spiro atoms. The van der Waals surface area contributed by atoms with Crippen LogP contribution in [0.2, 0.25) is 0 Å². The van der Waals surface area contributed by atoms with Crippen LogP contribution in [-0.2, 0) is 6.42 Å². The number of aryl methyl sites for hydroxylation is 1. The van der Waals surface area contributed by atoms with E-state index in [4.69, 9.17) is 5.11 Å². The Kier molecular flexibility index (Phi) is 4.95. The van der Waals surface area contributed by atoms with E-state index >= 15 is 0 Å². The number of hydrogen-bond acceptors (Lipinski definition) is 4. The summed E-state index contributed by atoms with van der Waals surface area (Å²) in [7, 11) is 0. The number of carboxylic acid groups (broad SMARTS) is 1. The summed E-state index contributed by atoms with van der Waals surface area (Å²) in [5.41, 5.74) is 1.08. The highest BCUT2D eigenvalue weighted by Crippen LogP contribution is 2.25. The average molecular weight is 278 g/mol. The number of rotatable bonds is 6. The van der Waals surface area contributed by atoms with E-state index in [-0.39, 0.29) is 11.7 Å². The molecule has 0 aromatic carbocycles. The molecule has 0 aliphatic heterocycles. The van der Waals surface area contributed by atoms with E-state index in [1.807, 2.05) is 6.92 Å². The highest BCUT2D eigenvalue weighted by Gasteiger charge is 2.22. The predicted molar refractivity (Wildman–Crippen MR) is 77.0 cm³/mol. The fourth-order valence-corrected chi connectivity index (χ4v) is 2.67. The molecule has 1 fully saturated rings. The fourth-order valence-electron chi connectivity index (χ4n) is 2.67. The van der Waals surface area contributed by atoms with E-state index in [0.717, 1.165) is 44.3 Å². The van der Waals surface area contributed by atoms with E-state index in [9.17, 15) is 9.90 Å². The van der Waals surface area contributed by atoms with Crippen molar-refractivity contribution in [2.24, 2.45) is 5.92 Å². The first-order chi connectivity index (χ1) is 9.58. The normalized spacial score (nSPS) is 21.9. The number of aliphatic hydroxyl groups is 1. The largest absolute Gasteiger partial charge is 0.478 e. The molecule has 2 rings (SSSR count). The standard InChI is InChI=1S/C15H22N2O3/c1-2-3-12-7-11(15(19)20)8-14(17-12)16-9-10-4-5-13(18)6-10/h7-8,10,13,18H,2-6,9H2,1H3,(H,16,17)(H,19,20). The number of nitrogens with zero attached hydrogens (tertiary/aromatic N) is 1. The van der Waals surface area contributed by atoms with E-state index in [2.05, 4.69) is 10.3 Å². The zero-order valence-corrected chi connectivity index (χ0v) is 11.8. The quantitative estimate of drug-likeness (QED) is 0.743. The van der Waals surface area contributed by atoms with Crippen molar-refractivity contribution in [2.75, 3.05) is 11.9 Å². The van der Waals surface area contributed by atoms with E-state index in [0.29, 0.717) is 11.7 Å². The molecular formula is C15H22N2O3. The van der Waals surface area contributed by atoms with E-state index in [1.165, 1.54) is 0 Å². The van der Waals surface area contributed by atoms with Crippen LogP contribution < -0.4 is 5.32 Å². The van der Waals surface area contributed by atoms with Crippen LogP contribution >= 0.6 is 0 Å². The van der Waals surface area contributed by atoms with Crippen LogP contribution in [0.4, 0.5) is 5.82 Å². The van der Waals surface area contributed by atoms with Gasteiger partial charge in [-0.25, -0.2) is 9.78 Å². The number of carbonyl (C=O) groups is 1. The second kappa shape index (κ2) is 6.70. The summed E-state index contributed by atoms with van der Waals surface area (Å²) in [4.78, 5) is 15.6. The summed E-state index contributed by atoms with van der Waals surface area (Å²) < 4.78 is 0. The molecule has 5 nitrogen and oxygen atoms in total. The third kappa shape index (κ3) is 3.93. The van der Waals surface area contributed by atoms with E-state index < -0.39 is 5.97 Å². The third-order valence-corrected chi connectivity index (χ3v) is 3.72. The molecule has 1 aliphatic rings. The van der Waals surface area contributed by atoms with Crippen molar-refractivity contribution in [3.8, 4) is 0 Å². The van der Waals surface area contributed by atoms with Crippen LogP contribution in [0.1, 0.15) is 48.7 Å². The number of nitrogens with one attached hydrogen (secondary N) is 1. The van der Waals surface area contributed by atoms with Crippen molar-refractivity contribution >= 4 is 11.8 Å². The Balaban J connectivity index is 2.03. The Labute approximate surface area is 119 Å². The Bertz CT molecular complexity index is 476. The molecule has 1 aliphatic carbocycles. The van der Waals surface area contributed by atoms with Gasteiger partial charge in [0.1, 0.15) is 5.82 Å². The molecule has 2 unspecified atom stereocenters. The lowest BCUT2D eigenvalue weighted by Crippen LogP contribution is -2.14. The number of hydrogen-bond donors (Lipinski definition) is 3. The van der Waals surface area contributed by atoms with Crippen molar-refractivity contribution in [2.45, 2.75) is 45.1 Å². The Morgan fingerprint density at radius 3 is 2.85 bits per heavy atom. The number of aromatic carboxylic acids is 1. The maximum absolute atomic E-state index is 11.1. The molecule has 20 heavy (non-hydrogen) atoms. The van der Waals surface area contributed by atoms with Crippen LogP contribution in [-0.4, -0.2) is 33.8 Å². The summed E-state index contributed by atoms with van der Waals surface area (Å²) in [6, 6.07) is 3.21. The molecule has 3 N–H and O–H groups in total. The number of pyridine rings is 1. The van der Waals surface area contributed by atoms with Gasteiger partial charge in [0.05, 0.1) is 11.7 Å². The molecule has 1 aromatic rings. The third-order valence-electron chi connectivity index (χ3n) is 3.72. The minimum atomic E-state index is -0.927. The lowest BCUT2D eigenvalue weighted by molar-refractivity contribution is 0.0696. The Morgan fingerprint density at radius 2 is 2.25 bits per heavy atom. The average Bonchev–Trinajstić information content (AvgIpc) is 2.82. The van der Waals surface area contributed by atoms with Crippen LogP contribution in [0.25, 0.3) is 0 Å². The SMILES string of the molecule is CCCc1cc(C(=O)O)cc(NCC2CCC(O)C2)n1. The molecule has 1 saturated carbocycles. The molecule has 1 aromatic heterocycles. The van der Waals surface area contributed by atoms with Gasteiger partial charge >= 0.3 is 5.97 Å². The van der Waals surface area contributed by atoms with Gasteiger partial charge in [-0.1, -0.05) is 13.3 Å². The topological polar surface area (TPSA) is 82.5 Å². The smallest absolute Gasteiger partial charge is 0.335 e. The van der Waals surface area contributed by atoms with Gasteiger partial charge in [-0.15, -0.1) is 0 Å². The van der Waals surface area contributed by atoms with Gasteiger partial charge in [-0.2, -0.15) is 0 Å². The summed E-state index contributed by atoms with van der Waals surface area (Å²) in [6.07, 6.45) is 4.20. The molecule has 1 heterocycles. The zero-order chi connectivity index (χ0) is 14.5. The van der Waals surface area contributed by atoms with Gasteiger partial charge in [0.25, 0.3) is 0 Å². The molecule has 0 radical (unpaired) electrons. The van der Waals surface area contributed by atoms with Gasteiger partial charge in [-0.3, -0.25) is 0 Å². The van der Waals surface area contributed by atoms with Crippen molar-refractivity contribution in [1.82, 2.24) is 4.98 Å². The highest BCUT2D eigenvalue weighted by atomic mass is 16.4. The maximum atomic E-state index is 11.1. The van der Waals surface area contributed by atoms with Gasteiger partial charge in [0.2, 0.25) is 0 Å².